The maximum absolute atomic E-state index is 14.0. The molecule has 4 unspecified atom stereocenters. The van der Waals surface area contributed by atoms with E-state index in [4.69, 9.17) is 4.74 Å². The number of nitrogens with zero attached hydrogens (tertiary/aromatic N) is 1. The van der Waals surface area contributed by atoms with E-state index in [1.165, 1.54) is 4.90 Å². The summed E-state index contributed by atoms with van der Waals surface area (Å²) in [7, 11) is 0. The number of benzene rings is 2. The molecular weight excluding hydrogens is 490 g/mol. The largest absolute Gasteiger partial charge is 0.507 e. The number of amides is 3. The third-order valence-corrected chi connectivity index (χ3v) is 6.71. The molecule has 200 valence electrons. The summed E-state index contributed by atoms with van der Waals surface area (Å²) in [6, 6.07) is 10.1. The van der Waals surface area contributed by atoms with Crippen molar-refractivity contribution in [1.29, 1.82) is 0 Å². The van der Waals surface area contributed by atoms with E-state index in [1.54, 1.807) is 52.0 Å². The number of hydrogen-bond donors (Lipinski definition) is 4. The summed E-state index contributed by atoms with van der Waals surface area (Å²) in [6.45, 7) is 10.8. The van der Waals surface area contributed by atoms with Crippen molar-refractivity contribution in [3.05, 3.63) is 59.2 Å². The van der Waals surface area contributed by atoms with Crippen LogP contribution in [0.1, 0.15) is 56.8 Å². The van der Waals surface area contributed by atoms with Crippen molar-refractivity contribution in [2.45, 2.75) is 71.7 Å². The lowest BCUT2D eigenvalue weighted by Gasteiger charge is -2.35. The number of rotatable bonds is 8. The topological polar surface area (TPSA) is 108 Å². The van der Waals surface area contributed by atoms with Gasteiger partial charge in [0.15, 0.2) is 0 Å². The number of aromatic hydroxyl groups is 1. The second-order valence-electron chi connectivity index (χ2n) is 10.6. The first-order chi connectivity index (χ1) is 17.3. The highest BCUT2D eigenvalue weighted by atomic mass is 32.1. The van der Waals surface area contributed by atoms with Crippen LogP contribution in [0.3, 0.4) is 0 Å². The number of ether oxygens (including phenoxy) is 1. The molecule has 1 saturated carbocycles. The molecular formula is C28H37N3O5S. The average Bonchev–Trinajstić information content (AvgIpc) is 3.53. The molecule has 0 saturated heterocycles. The van der Waals surface area contributed by atoms with Crippen LogP contribution in [0.2, 0.25) is 0 Å². The van der Waals surface area contributed by atoms with Gasteiger partial charge in [-0.05, 0) is 64.2 Å². The Hall–Kier alpha value is -3.20. The Morgan fingerprint density at radius 2 is 1.73 bits per heavy atom. The molecule has 1 aliphatic rings. The molecule has 9 heteroatoms. The van der Waals surface area contributed by atoms with Gasteiger partial charge in [-0.1, -0.05) is 43.3 Å². The van der Waals surface area contributed by atoms with Crippen LogP contribution in [0, 0.1) is 19.8 Å². The Morgan fingerprint density at radius 3 is 2.30 bits per heavy atom. The Labute approximate surface area is 224 Å². The highest BCUT2D eigenvalue weighted by Gasteiger charge is 2.48. The van der Waals surface area contributed by atoms with E-state index in [0.717, 1.165) is 5.56 Å². The maximum atomic E-state index is 14.0. The molecule has 3 rings (SSSR count). The predicted octanol–water partition coefficient (Wildman–Crippen LogP) is 4.75. The Bertz CT molecular complexity index is 1160. The zero-order valence-corrected chi connectivity index (χ0v) is 23.1. The van der Waals surface area contributed by atoms with Crippen LogP contribution in [0.25, 0.3) is 0 Å². The number of anilines is 1. The second kappa shape index (κ2) is 11.5. The fourth-order valence-corrected chi connectivity index (χ4v) is 4.47. The fourth-order valence-electron chi connectivity index (χ4n) is 4.22. The lowest BCUT2D eigenvalue weighted by molar-refractivity contribution is -0.141. The van der Waals surface area contributed by atoms with Crippen LogP contribution in [0.15, 0.2) is 42.5 Å². The summed E-state index contributed by atoms with van der Waals surface area (Å²) in [4.78, 5) is 41.9. The molecule has 0 heterocycles. The van der Waals surface area contributed by atoms with Crippen molar-refractivity contribution < 1.29 is 24.2 Å². The van der Waals surface area contributed by atoms with E-state index in [2.05, 4.69) is 23.3 Å². The van der Waals surface area contributed by atoms with Gasteiger partial charge in [0.25, 0.3) is 5.91 Å². The smallest absolute Gasteiger partial charge is 0.408 e. The number of carbonyl (C=O) groups excluding carboxylic acids is 3. The van der Waals surface area contributed by atoms with Gasteiger partial charge in [0.2, 0.25) is 5.91 Å². The van der Waals surface area contributed by atoms with Gasteiger partial charge >= 0.3 is 6.09 Å². The monoisotopic (exact) mass is 527 g/mol. The molecule has 3 N–H and O–H groups in total. The number of phenols is 1. The summed E-state index contributed by atoms with van der Waals surface area (Å²) in [6.07, 6.45) is -0.0546. The van der Waals surface area contributed by atoms with Gasteiger partial charge in [-0.25, -0.2) is 4.79 Å². The van der Waals surface area contributed by atoms with Crippen molar-refractivity contribution in [1.82, 2.24) is 10.2 Å². The van der Waals surface area contributed by atoms with Crippen LogP contribution in [-0.4, -0.2) is 51.4 Å². The zero-order valence-electron chi connectivity index (χ0n) is 22.2. The van der Waals surface area contributed by atoms with E-state index < -0.39 is 35.6 Å². The van der Waals surface area contributed by atoms with Crippen LogP contribution in [-0.2, 0) is 14.3 Å². The number of alkyl carbamates (subject to hydrolysis) is 1. The number of phenolic OH excluding ortho intramolecular Hbond substituents is 1. The first kappa shape index (κ1) is 28.4. The molecule has 3 amide bonds. The minimum absolute atomic E-state index is 0.00160. The number of para-hydroxylation sites is 2. The average molecular weight is 528 g/mol. The molecule has 0 spiro atoms. The Balaban J connectivity index is 2.04. The van der Waals surface area contributed by atoms with E-state index in [1.807, 2.05) is 32.0 Å². The van der Waals surface area contributed by atoms with Gasteiger partial charge in [-0.3, -0.25) is 9.59 Å². The molecule has 37 heavy (non-hydrogen) atoms. The Morgan fingerprint density at radius 1 is 1.11 bits per heavy atom. The number of thiol groups is 1. The second-order valence-corrected chi connectivity index (χ2v) is 11.0. The number of carbonyl (C=O) groups is 3. The van der Waals surface area contributed by atoms with Crippen molar-refractivity contribution in [3.63, 3.8) is 0 Å². The summed E-state index contributed by atoms with van der Waals surface area (Å²) < 4.78 is 5.34. The van der Waals surface area contributed by atoms with Gasteiger partial charge in [0, 0.05) is 23.0 Å². The molecule has 4 atom stereocenters. The molecule has 1 fully saturated rings. The zero-order chi connectivity index (χ0) is 27.5. The number of aryl methyl sites for hydroxylation is 2. The quantitative estimate of drug-likeness (QED) is 0.371. The highest BCUT2D eigenvalue weighted by molar-refractivity contribution is 7.80. The summed E-state index contributed by atoms with van der Waals surface area (Å²) in [5.74, 6) is -0.839. The lowest BCUT2D eigenvalue weighted by atomic mass is 9.98. The van der Waals surface area contributed by atoms with Crippen LogP contribution in [0.4, 0.5) is 10.5 Å². The fraction of sp³-hybridized carbons (Fsp3) is 0.464. The minimum atomic E-state index is -1.13. The number of nitrogens with one attached hydrogen (secondary N) is 2. The molecule has 0 aliphatic heterocycles. The molecule has 0 bridgehead atoms. The van der Waals surface area contributed by atoms with Gasteiger partial charge in [0.05, 0.1) is 0 Å². The van der Waals surface area contributed by atoms with Gasteiger partial charge < -0.3 is 25.4 Å². The standard InChI is InChI=1S/C28H37N3O5S/c1-16-10-7-8-13-20(16)29-25(33)23(19-12-9-11-17(2)24(19)32)31(22-14-18(22)3)26(34)21(15-37)30-27(35)36-28(4,5)6/h7-13,18,21-23,32,37H,14-15H2,1-6H3,(H,29,33)(H,30,35). The predicted molar refractivity (Wildman–Crippen MR) is 147 cm³/mol. The van der Waals surface area contributed by atoms with E-state index in [9.17, 15) is 19.5 Å². The van der Waals surface area contributed by atoms with Gasteiger partial charge in [0.1, 0.15) is 23.4 Å². The van der Waals surface area contributed by atoms with E-state index in [0.29, 0.717) is 23.2 Å². The molecule has 8 nitrogen and oxygen atoms in total. The van der Waals surface area contributed by atoms with Gasteiger partial charge in [-0.2, -0.15) is 12.6 Å². The van der Waals surface area contributed by atoms with Crippen LogP contribution < -0.4 is 10.6 Å². The van der Waals surface area contributed by atoms with E-state index in [-0.39, 0.29) is 23.5 Å². The van der Waals surface area contributed by atoms with Crippen molar-refractivity contribution in [3.8, 4) is 5.75 Å². The lowest BCUT2D eigenvalue weighted by Crippen LogP contribution is -2.54. The molecule has 0 radical (unpaired) electrons. The van der Waals surface area contributed by atoms with Gasteiger partial charge in [-0.15, -0.1) is 0 Å². The van der Waals surface area contributed by atoms with Crippen LogP contribution in [0.5, 0.6) is 5.75 Å². The first-order valence-electron chi connectivity index (χ1n) is 12.4. The van der Waals surface area contributed by atoms with Crippen molar-refractivity contribution in [2.24, 2.45) is 5.92 Å². The van der Waals surface area contributed by atoms with E-state index >= 15 is 0 Å². The molecule has 1 aliphatic carbocycles. The molecule has 0 aromatic heterocycles. The van der Waals surface area contributed by atoms with Crippen molar-refractivity contribution >= 4 is 36.2 Å². The highest BCUT2D eigenvalue weighted by Crippen LogP contribution is 2.43. The first-order valence-corrected chi connectivity index (χ1v) is 13.0. The third-order valence-electron chi connectivity index (χ3n) is 6.34. The third kappa shape index (κ3) is 6.97. The van der Waals surface area contributed by atoms with Crippen molar-refractivity contribution in [2.75, 3.05) is 11.1 Å². The summed E-state index contributed by atoms with van der Waals surface area (Å²) in [5, 5.41) is 16.5. The maximum Gasteiger partial charge on any atom is 0.408 e. The Kier molecular flexibility index (Phi) is 8.79. The summed E-state index contributed by atoms with van der Waals surface area (Å²) >= 11 is 4.32. The minimum Gasteiger partial charge on any atom is -0.507 e. The molecule has 2 aromatic carbocycles. The molecule has 2 aromatic rings. The normalized spacial score (nSPS) is 18.4. The van der Waals surface area contributed by atoms with Crippen LogP contribution >= 0.6 is 12.6 Å². The number of hydrogen-bond acceptors (Lipinski definition) is 6. The summed E-state index contributed by atoms with van der Waals surface area (Å²) in [5.41, 5.74) is 1.62. The SMILES string of the molecule is Cc1ccccc1NC(=O)C(c1cccc(C)c1O)N(C(=O)C(CS)NC(=O)OC(C)(C)C)C1CC1C.